The van der Waals surface area contributed by atoms with Crippen LogP contribution in [-0.2, 0) is 9.59 Å². The molecule has 2 aromatic carbocycles. The maximum Gasteiger partial charge on any atom is 0.328 e. The molecule has 1 aliphatic heterocycles. The molecule has 0 spiro atoms. The highest BCUT2D eigenvalue weighted by Gasteiger charge is 2.33. The Morgan fingerprint density at radius 3 is 2.41 bits per heavy atom. The average molecular weight is 527 g/mol. The number of benzene rings is 2. The number of aromatic nitrogens is 2. The predicted molar refractivity (Wildman–Crippen MR) is 139 cm³/mol. The number of anilines is 2. The van der Waals surface area contributed by atoms with Crippen molar-refractivity contribution < 1.29 is 19.1 Å². The Morgan fingerprint density at radius 2 is 1.78 bits per heavy atom. The van der Waals surface area contributed by atoms with Crippen molar-refractivity contribution in [2.45, 2.75) is 17.7 Å². The van der Waals surface area contributed by atoms with Crippen LogP contribution in [0.15, 0.2) is 63.1 Å². The number of amidine groups is 1. The van der Waals surface area contributed by atoms with E-state index in [0.717, 1.165) is 17.4 Å². The molecule has 2 atom stereocenters. The number of hydrogen-bond donors (Lipinski definition) is 5. The van der Waals surface area contributed by atoms with Gasteiger partial charge in [0.2, 0.25) is 17.7 Å². The minimum absolute atomic E-state index is 0.135. The number of hydrogen-bond acceptors (Lipinski definition) is 8. The van der Waals surface area contributed by atoms with Gasteiger partial charge in [0, 0.05) is 31.9 Å². The number of aliphatic imine (C=N–C) groups is 1. The normalized spacial score (nSPS) is 16.9. The lowest BCUT2D eigenvalue weighted by atomic mass is 10.0. The Morgan fingerprint density at radius 1 is 1.11 bits per heavy atom. The molecule has 11 nitrogen and oxygen atoms in total. The summed E-state index contributed by atoms with van der Waals surface area (Å²) in [5.41, 5.74) is -0.146. The number of thioether (sulfide) groups is 1. The zero-order chi connectivity index (χ0) is 26.7. The predicted octanol–water partition coefficient (Wildman–Crippen LogP) is 1.68. The molecule has 13 heteroatoms. The molecule has 3 aromatic rings. The highest BCUT2D eigenvalue weighted by Crippen LogP contribution is 2.32. The fourth-order valence-corrected chi connectivity index (χ4v) is 4.63. The fraction of sp³-hybridized carbons (Fsp3) is 0.208. The minimum atomic E-state index is -1.08. The summed E-state index contributed by atoms with van der Waals surface area (Å²) in [4.78, 5) is 59.8. The van der Waals surface area contributed by atoms with E-state index in [1.54, 1.807) is 24.3 Å². The average Bonchev–Trinajstić information content (AvgIpc) is 3.17. The lowest BCUT2D eigenvalue weighted by molar-refractivity contribution is -0.122. The molecule has 192 valence electrons. The first-order valence-electron chi connectivity index (χ1n) is 11.0. The second kappa shape index (κ2) is 10.7. The summed E-state index contributed by atoms with van der Waals surface area (Å²) in [6.07, 6.45) is -0.181. The van der Waals surface area contributed by atoms with E-state index in [2.05, 4.69) is 25.6 Å². The Balaban J connectivity index is 1.60. The summed E-state index contributed by atoms with van der Waals surface area (Å²) in [7, 11) is 3.73. The molecule has 0 aliphatic carbocycles. The third-order valence-electron chi connectivity index (χ3n) is 5.48. The van der Waals surface area contributed by atoms with Crippen molar-refractivity contribution in [3.63, 3.8) is 0 Å². The summed E-state index contributed by atoms with van der Waals surface area (Å²) >= 11 is 0.995. The second-order valence-electron chi connectivity index (χ2n) is 8.35. The summed E-state index contributed by atoms with van der Waals surface area (Å²) in [5.74, 6) is -2.00. The van der Waals surface area contributed by atoms with E-state index in [0.29, 0.717) is 11.3 Å². The number of carbonyl (C=O) groups is 2. The first-order chi connectivity index (χ1) is 17.6. The molecular formula is C24H23FN6O5S. The van der Waals surface area contributed by atoms with Crippen LogP contribution >= 0.6 is 11.8 Å². The largest absolute Gasteiger partial charge is 0.494 e. The topological polar surface area (TPSA) is 160 Å². The van der Waals surface area contributed by atoms with Gasteiger partial charge >= 0.3 is 5.69 Å². The van der Waals surface area contributed by atoms with Gasteiger partial charge in [0.1, 0.15) is 22.7 Å². The van der Waals surface area contributed by atoms with Crippen LogP contribution in [0.4, 0.5) is 15.8 Å². The van der Waals surface area contributed by atoms with Gasteiger partial charge in [0.15, 0.2) is 5.17 Å². The summed E-state index contributed by atoms with van der Waals surface area (Å²) in [5, 5.41) is 14.9. The van der Waals surface area contributed by atoms with E-state index in [1.807, 2.05) is 19.0 Å². The smallest absolute Gasteiger partial charge is 0.328 e. The number of aromatic hydroxyl groups is 1. The van der Waals surface area contributed by atoms with Crippen LogP contribution < -0.4 is 26.8 Å². The number of aromatic amines is 2. The zero-order valence-corrected chi connectivity index (χ0v) is 20.6. The number of nitrogens with one attached hydrogen (secondary N) is 4. The molecule has 1 fully saturated rings. The lowest BCUT2D eigenvalue weighted by Gasteiger charge is -2.17. The highest BCUT2D eigenvalue weighted by atomic mass is 32.2. The molecule has 2 heterocycles. The van der Waals surface area contributed by atoms with E-state index in [-0.39, 0.29) is 17.2 Å². The van der Waals surface area contributed by atoms with Crippen LogP contribution in [0.5, 0.6) is 5.88 Å². The van der Waals surface area contributed by atoms with Gasteiger partial charge in [-0.1, -0.05) is 23.9 Å². The number of carbonyl (C=O) groups excluding carboxylic acids is 2. The Bertz CT molecular complexity index is 1470. The molecule has 0 radical (unpaired) electrons. The Kier molecular flexibility index (Phi) is 7.43. The molecule has 1 saturated heterocycles. The van der Waals surface area contributed by atoms with Crippen molar-refractivity contribution in [1.82, 2.24) is 15.3 Å². The van der Waals surface area contributed by atoms with Crippen LogP contribution in [0.2, 0.25) is 0 Å². The van der Waals surface area contributed by atoms with Crippen molar-refractivity contribution in [2.75, 3.05) is 24.3 Å². The number of rotatable bonds is 7. The third-order valence-corrected chi connectivity index (χ3v) is 6.57. The maximum absolute atomic E-state index is 13.1. The van der Waals surface area contributed by atoms with Crippen molar-refractivity contribution in [3.05, 3.63) is 86.3 Å². The third kappa shape index (κ3) is 6.06. The summed E-state index contributed by atoms with van der Waals surface area (Å²) < 4.78 is 13.1. The zero-order valence-electron chi connectivity index (χ0n) is 19.7. The van der Waals surface area contributed by atoms with Crippen LogP contribution in [0, 0.1) is 5.82 Å². The van der Waals surface area contributed by atoms with Crippen molar-refractivity contribution in [2.24, 2.45) is 4.99 Å². The van der Waals surface area contributed by atoms with Crippen LogP contribution in [-0.4, -0.2) is 51.4 Å². The van der Waals surface area contributed by atoms with Gasteiger partial charge in [-0.05, 0) is 42.0 Å². The molecule has 0 unspecified atom stereocenters. The summed E-state index contributed by atoms with van der Waals surface area (Å²) in [6, 6.07) is 11.2. The quantitative estimate of drug-likeness (QED) is 0.313. The van der Waals surface area contributed by atoms with E-state index in [9.17, 15) is 28.7 Å². The lowest BCUT2D eigenvalue weighted by Crippen LogP contribution is -2.29. The van der Waals surface area contributed by atoms with Crippen molar-refractivity contribution in [1.29, 1.82) is 0 Å². The van der Waals surface area contributed by atoms with Gasteiger partial charge < -0.3 is 20.6 Å². The maximum atomic E-state index is 13.1. The molecule has 2 amide bonds. The monoisotopic (exact) mass is 526 g/mol. The number of halogens is 1. The van der Waals surface area contributed by atoms with E-state index in [1.165, 1.54) is 24.3 Å². The fourth-order valence-electron chi connectivity index (χ4n) is 3.63. The number of amides is 2. The number of nitrogens with zero attached hydrogens (tertiary/aromatic N) is 2. The van der Waals surface area contributed by atoms with E-state index in [4.69, 9.17) is 0 Å². The molecule has 0 bridgehead atoms. The molecule has 1 aromatic heterocycles. The SMILES string of the molecule is CN(C)c1ccc([C@H](N=C2NC(=O)[C@H](CC(=O)Nc3ccc(F)cc3)S2)c2c(O)[nH]c(=O)[nH]c2=O)cc1. The standard InChI is InChI=1S/C24H23FN6O5S/c1-31(2)15-9-3-12(4-10-15)19(18-21(34)28-23(36)29-22(18)35)27-24-30-20(33)16(37-24)11-17(32)26-14-7-5-13(25)6-8-14/h3-10,16,19H,11H2,1-2H3,(H,26,32)(H,27,30,33)(H3,28,29,34,35,36)/t16-,19-/m0/s1. The van der Waals surface area contributed by atoms with Crippen LogP contribution in [0.3, 0.4) is 0 Å². The molecule has 0 saturated carbocycles. The van der Waals surface area contributed by atoms with Gasteiger partial charge in [-0.3, -0.25) is 24.4 Å². The van der Waals surface area contributed by atoms with Gasteiger partial charge in [0.05, 0.1) is 0 Å². The second-order valence-corrected chi connectivity index (χ2v) is 9.54. The van der Waals surface area contributed by atoms with Gasteiger partial charge in [-0.25, -0.2) is 14.2 Å². The number of H-pyrrole nitrogens is 2. The molecule has 1 aliphatic rings. The molecule has 4 rings (SSSR count). The molecule has 37 heavy (non-hydrogen) atoms. The Hall–Kier alpha value is -4.39. The van der Waals surface area contributed by atoms with Gasteiger partial charge in [-0.2, -0.15) is 0 Å². The highest BCUT2D eigenvalue weighted by molar-refractivity contribution is 8.15. The van der Waals surface area contributed by atoms with E-state index >= 15 is 0 Å². The summed E-state index contributed by atoms with van der Waals surface area (Å²) in [6.45, 7) is 0. The van der Waals surface area contributed by atoms with Gasteiger partial charge in [-0.15, -0.1) is 0 Å². The molecular weight excluding hydrogens is 503 g/mol. The first kappa shape index (κ1) is 25.7. The first-order valence-corrected chi connectivity index (χ1v) is 11.9. The van der Waals surface area contributed by atoms with Crippen LogP contribution in [0.25, 0.3) is 0 Å². The minimum Gasteiger partial charge on any atom is -0.494 e. The van der Waals surface area contributed by atoms with E-state index < -0.39 is 46.1 Å². The molecule has 5 N–H and O–H groups in total. The van der Waals surface area contributed by atoms with Crippen LogP contribution in [0.1, 0.15) is 23.6 Å². The van der Waals surface area contributed by atoms with Gasteiger partial charge in [0.25, 0.3) is 5.56 Å². The van der Waals surface area contributed by atoms with Crippen molar-refractivity contribution >= 4 is 40.1 Å². The Labute approximate surface area is 213 Å². The van der Waals surface area contributed by atoms with Crippen molar-refractivity contribution in [3.8, 4) is 5.88 Å².